The number of pyridine rings is 1. The van der Waals surface area contributed by atoms with Gasteiger partial charge in [0.15, 0.2) is 0 Å². The summed E-state index contributed by atoms with van der Waals surface area (Å²) < 4.78 is 0. The van der Waals surface area contributed by atoms with Gasteiger partial charge in [0.1, 0.15) is 11.0 Å². The van der Waals surface area contributed by atoms with Crippen molar-refractivity contribution in [1.29, 1.82) is 5.26 Å². The van der Waals surface area contributed by atoms with Gasteiger partial charge in [0.25, 0.3) is 0 Å². The van der Waals surface area contributed by atoms with Gasteiger partial charge in [-0.25, -0.2) is 4.98 Å². The predicted octanol–water partition coefficient (Wildman–Crippen LogP) is 3.95. The number of rotatable bonds is 5. The van der Waals surface area contributed by atoms with Crippen LogP contribution in [0.25, 0.3) is 0 Å². The summed E-state index contributed by atoms with van der Waals surface area (Å²) in [5.41, 5.74) is 0.531. The van der Waals surface area contributed by atoms with Crippen molar-refractivity contribution in [3.8, 4) is 6.07 Å². The minimum Gasteiger partial charge on any atom is -0.370 e. The van der Waals surface area contributed by atoms with E-state index in [4.69, 9.17) is 16.9 Å². The fourth-order valence-electron chi connectivity index (χ4n) is 2.12. The smallest absolute Gasteiger partial charge is 0.132 e. The third kappa shape index (κ3) is 4.19. The lowest BCUT2D eigenvalue weighted by atomic mass is 9.85. The highest BCUT2D eigenvalue weighted by Crippen LogP contribution is 2.21. The van der Waals surface area contributed by atoms with Crippen LogP contribution in [0.1, 0.15) is 33.3 Å². The van der Waals surface area contributed by atoms with E-state index in [1.807, 2.05) is 0 Å². The zero-order valence-corrected chi connectivity index (χ0v) is 12.1. The molecule has 3 nitrogen and oxygen atoms in total. The molecule has 1 aromatic rings. The molecular formula is C14H20ClN3. The minimum atomic E-state index is 0.349. The molecule has 0 aliphatic rings. The fourth-order valence-corrected chi connectivity index (χ4v) is 2.32. The highest BCUT2D eigenvalue weighted by atomic mass is 35.5. The molecule has 1 heterocycles. The van der Waals surface area contributed by atoms with E-state index in [-0.39, 0.29) is 0 Å². The lowest BCUT2D eigenvalue weighted by molar-refractivity contribution is 0.304. The van der Waals surface area contributed by atoms with E-state index in [1.54, 1.807) is 12.1 Å². The number of nitriles is 1. The van der Waals surface area contributed by atoms with Gasteiger partial charge >= 0.3 is 0 Å². The molecule has 0 saturated heterocycles. The van der Waals surface area contributed by atoms with E-state index in [0.717, 1.165) is 6.54 Å². The Labute approximate surface area is 114 Å². The van der Waals surface area contributed by atoms with Gasteiger partial charge in [0, 0.05) is 6.54 Å². The van der Waals surface area contributed by atoms with Gasteiger partial charge in [-0.3, -0.25) is 0 Å². The SMILES string of the molecule is CC(C)C(CNc1cc(C#N)cc(Cl)n1)C(C)C. The molecule has 0 aromatic carbocycles. The van der Waals surface area contributed by atoms with E-state index < -0.39 is 0 Å². The predicted molar refractivity (Wildman–Crippen MR) is 75.6 cm³/mol. The summed E-state index contributed by atoms with van der Waals surface area (Å²) >= 11 is 5.87. The molecule has 0 aliphatic heterocycles. The van der Waals surface area contributed by atoms with Crippen molar-refractivity contribution in [3.63, 3.8) is 0 Å². The molecular weight excluding hydrogens is 246 g/mol. The van der Waals surface area contributed by atoms with E-state index in [9.17, 15) is 0 Å². The number of hydrogen-bond acceptors (Lipinski definition) is 3. The number of halogens is 1. The fraction of sp³-hybridized carbons (Fsp3) is 0.571. The van der Waals surface area contributed by atoms with E-state index in [0.29, 0.717) is 34.3 Å². The Kier molecular flexibility index (Phi) is 5.43. The first-order valence-electron chi connectivity index (χ1n) is 6.25. The van der Waals surface area contributed by atoms with Crippen LogP contribution in [0.3, 0.4) is 0 Å². The van der Waals surface area contributed by atoms with Crippen molar-refractivity contribution >= 4 is 17.4 Å². The Morgan fingerprint density at radius 1 is 1.28 bits per heavy atom. The lowest BCUT2D eigenvalue weighted by Crippen LogP contribution is -2.24. The van der Waals surface area contributed by atoms with Gasteiger partial charge in [-0.05, 0) is 29.9 Å². The maximum absolute atomic E-state index is 8.88. The molecule has 18 heavy (non-hydrogen) atoms. The molecule has 0 amide bonds. The topological polar surface area (TPSA) is 48.7 Å². The Morgan fingerprint density at radius 2 is 1.89 bits per heavy atom. The quantitative estimate of drug-likeness (QED) is 0.820. The molecule has 98 valence electrons. The monoisotopic (exact) mass is 265 g/mol. The van der Waals surface area contributed by atoms with Crippen molar-refractivity contribution < 1.29 is 0 Å². The molecule has 0 radical (unpaired) electrons. The average Bonchev–Trinajstić information content (AvgIpc) is 2.27. The summed E-state index contributed by atoms with van der Waals surface area (Å²) in [6.07, 6.45) is 0. The Morgan fingerprint density at radius 3 is 2.39 bits per heavy atom. The Hall–Kier alpha value is -1.27. The van der Waals surface area contributed by atoms with Gasteiger partial charge in [0.2, 0.25) is 0 Å². The van der Waals surface area contributed by atoms with Crippen LogP contribution in [0.15, 0.2) is 12.1 Å². The second-order valence-electron chi connectivity index (χ2n) is 5.21. The van der Waals surface area contributed by atoms with Gasteiger partial charge < -0.3 is 5.32 Å². The van der Waals surface area contributed by atoms with Crippen LogP contribution >= 0.6 is 11.6 Å². The molecule has 0 fully saturated rings. The van der Waals surface area contributed by atoms with Crippen molar-refractivity contribution in [1.82, 2.24) is 4.98 Å². The highest BCUT2D eigenvalue weighted by Gasteiger charge is 2.17. The Balaban J connectivity index is 2.74. The Bertz CT molecular complexity index is 427. The van der Waals surface area contributed by atoms with Crippen molar-refractivity contribution in [2.75, 3.05) is 11.9 Å². The number of aromatic nitrogens is 1. The van der Waals surface area contributed by atoms with Gasteiger partial charge in [-0.1, -0.05) is 39.3 Å². The van der Waals surface area contributed by atoms with E-state index in [1.165, 1.54) is 0 Å². The van der Waals surface area contributed by atoms with E-state index in [2.05, 4.69) is 44.1 Å². The number of hydrogen-bond donors (Lipinski definition) is 1. The zero-order valence-electron chi connectivity index (χ0n) is 11.4. The molecule has 1 N–H and O–H groups in total. The maximum atomic E-state index is 8.88. The van der Waals surface area contributed by atoms with Crippen molar-refractivity contribution in [2.24, 2.45) is 17.8 Å². The summed E-state index contributed by atoms with van der Waals surface area (Å²) in [7, 11) is 0. The lowest BCUT2D eigenvalue weighted by Gasteiger charge is -2.25. The number of nitrogens with one attached hydrogen (secondary N) is 1. The second kappa shape index (κ2) is 6.61. The number of anilines is 1. The third-order valence-electron chi connectivity index (χ3n) is 3.15. The molecule has 0 aliphatic carbocycles. The summed E-state index contributed by atoms with van der Waals surface area (Å²) in [5, 5.41) is 12.5. The standard InChI is InChI=1S/C14H20ClN3/c1-9(2)12(10(3)4)8-17-14-6-11(7-16)5-13(15)18-14/h5-6,9-10,12H,8H2,1-4H3,(H,17,18). The molecule has 0 atom stereocenters. The van der Waals surface area contributed by atoms with Crippen LogP contribution in [0.2, 0.25) is 5.15 Å². The molecule has 0 bridgehead atoms. The largest absolute Gasteiger partial charge is 0.370 e. The van der Waals surface area contributed by atoms with Gasteiger partial charge in [-0.15, -0.1) is 0 Å². The molecule has 4 heteroatoms. The van der Waals surface area contributed by atoms with Crippen molar-refractivity contribution in [3.05, 3.63) is 22.8 Å². The van der Waals surface area contributed by atoms with Gasteiger partial charge in [-0.2, -0.15) is 5.26 Å². The summed E-state index contributed by atoms with van der Waals surface area (Å²) in [4.78, 5) is 4.18. The maximum Gasteiger partial charge on any atom is 0.132 e. The first kappa shape index (κ1) is 14.8. The first-order valence-corrected chi connectivity index (χ1v) is 6.63. The molecule has 0 spiro atoms. The van der Waals surface area contributed by atoms with Crippen LogP contribution in [0, 0.1) is 29.1 Å². The summed E-state index contributed by atoms with van der Waals surface area (Å²) in [6, 6.07) is 5.37. The van der Waals surface area contributed by atoms with E-state index >= 15 is 0 Å². The molecule has 0 saturated carbocycles. The third-order valence-corrected chi connectivity index (χ3v) is 3.35. The number of nitrogens with zero attached hydrogens (tertiary/aromatic N) is 2. The van der Waals surface area contributed by atoms with Crippen LogP contribution in [-0.2, 0) is 0 Å². The summed E-state index contributed by atoms with van der Waals surface area (Å²) in [6.45, 7) is 9.72. The van der Waals surface area contributed by atoms with Crippen molar-refractivity contribution in [2.45, 2.75) is 27.7 Å². The van der Waals surface area contributed by atoms with Crippen LogP contribution < -0.4 is 5.32 Å². The normalized spacial score (nSPS) is 11.1. The molecule has 1 rings (SSSR count). The second-order valence-corrected chi connectivity index (χ2v) is 5.60. The molecule has 0 unspecified atom stereocenters. The van der Waals surface area contributed by atoms with Gasteiger partial charge in [0.05, 0.1) is 11.6 Å². The summed E-state index contributed by atoms with van der Waals surface area (Å²) in [5.74, 6) is 2.45. The highest BCUT2D eigenvalue weighted by molar-refractivity contribution is 6.29. The van der Waals surface area contributed by atoms with Crippen LogP contribution in [0.4, 0.5) is 5.82 Å². The average molecular weight is 266 g/mol. The molecule has 1 aromatic heterocycles. The van der Waals surface area contributed by atoms with Crippen LogP contribution in [0.5, 0.6) is 0 Å². The minimum absolute atomic E-state index is 0.349. The van der Waals surface area contributed by atoms with Crippen LogP contribution in [-0.4, -0.2) is 11.5 Å². The first-order chi connectivity index (χ1) is 8.43. The zero-order chi connectivity index (χ0) is 13.7.